The van der Waals surface area contributed by atoms with Crippen molar-refractivity contribution in [1.82, 2.24) is 15.1 Å². The molecule has 3 amide bonds. The number of nitrogens with one attached hydrogen (secondary N) is 1. The molecule has 0 radical (unpaired) electrons. The number of ether oxygens (including phenoxy) is 2. The first-order chi connectivity index (χ1) is 15.6. The molecule has 1 fully saturated rings. The molecule has 0 saturated carbocycles. The van der Waals surface area contributed by atoms with E-state index in [1.165, 1.54) is 0 Å². The van der Waals surface area contributed by atoms with Crippen molar-refractivity contribution in [2.75, 3.05) is 46.5 Å². The van der Waals surface area contributed by atoms with Gasteiger partial charge in [0.1, 0.15) is 5.75 Å². The number of nitrogens with zero attached hydrogens (tertiary/aromatic N) is 2. The van der Waals surface area contributed by atoms with Gasteiger partial charge in [0.25, 0.3) is 11.8 Å². The molecule has 4 rings (SSSR count). The van der Waals surface area contributed by atoms with Gasteiger partial charge in [0.05, 0.1) is 37.5 Å². The van der Waals surface area contributed by atoms with Gasteiger partial charge < -0.3 is 14.8 Å². The third kappa shape index (κ3) is 4.66. The molecule has 0 bridgehead atoms. The molecular formula is C24H27N3O5. The van der Waals surface area contributed by atoms with E-state index >= 15 is 0 Å². The van der Waals surface area contributed by atoms with E-state index < -0.39 is 0 Å². The lowest BCUT2D eigenvalue weighted by Gasteiger charge is -2.35. The van der Waals surface area contributed by atoms with E-state index in [4.69, 9.17) is 9.47 Å². The number of fused-ring (bicyclic) bond motifs is 1. The molecule has 0 aliphatic carbocycles. The third-order valence-corrected chi connectivity index (χ3v) is 5.92. The first kappa shape index (κ1) is 22.0. The highest BCUT2D eigenvalue weighted by Crippen LogP contribution is 2.24. The highest BCUT2D eigenvalue weighted by atomic mass is 16.5. The van der Waals surface area contributed by atoms with E-state index in [1.54, 1.807) is 31.4 Å². The quantitative estimate of drug-likeness (QED) is 0.635. The van der Waals surface area contributed by atoms with Crippen LogP contribution in [-0.2, 0) is 9.53 Å². The largest absolute Gasteiger partial charge is 0.497 e. The molecule has 2 aromatic rings. The fourth-order valence-electron chi connectivity index (χ4n) is 4.13. The number of rotatable bonds is 8. The van der Waals surface area contributed by atoms with Gasteiger partial charge >= 0.3 is 0 Å². The van der Waals surface area contributed by atoms with Crippen molar-refractivity contribution in [3.05, 3.63) is 65.2 Å². The molecule has 2 heterocycles. The van der Waals surface area contributed by atoms with Crippen LogP contribution in [0.25, 0.3) is 0 Å². The second-order valence-corrected chi connectivity index (χ2v) is 7.80. The Balaban J connectivity index is 1.36. The molecule has 8 nitrogen and oxygen atoms in total. The molecule has 0 aromatic heterocycles. The van der Waals surface area contributed by atoms with E-state index in [9.17, 15) is 14.4 Å². The summed E-state index contributed by atoms with van der Waals surface area (Å²) in [5.41, 5.74) is 1.86. The molecule has 0 spiro atoms. The molecule has 2 aliphatic rings. The van der Waals surface area contributed by atoms with Crippen LogP contribution in [-0.4, -0.2) is 74.0 Å². The van der Waals surface area contributed by atoms with Gasteiger partial charge in [-0.2, -0.15) is 0 Å². The van der Waals surface area contributed by atoms with Crippen molar-refractivity contribution < 1.29 is 23.9 Å². The van der Waals surface area contributed by atoms with E-state index in [0.717, 1.165) is 29.3 Å². The van der Waals surface area contributed by atoms with Crippen LogP contribution in [0.4, 0.5) is 0 Å². The van der Waals surface area contributed by atoms with Crippen molar-refractivity contribution in [3.8, 4) is 5.75 Å². The van der Waals surface area contributed by atoms with Crippen molar-refractivity contribution in [1.29, 1.82) is 0 Å². The van der Waals surface area contributed by atoms with Crippen LogP contribution in [0.1, 0.15) is 38.7 Å². The summed E-state index contributed by atoms with van der Waals surface area (Å²) in [4.78, 5) is 41.0. The normalized spacial score (nSPS) is 17.2. The zero-order valence-corrected chi connectivity index (χ0v) is 18.1. The molecule has 168 valence electrons. The number of carbonyl (C=O) groups is 3. The number of hydrogen-bond acceptors (Lipinski definition) is 6. The number of morpholine rings is 1. The second-order valence-electron chi connectivity index (χ2n) is 7.80. The SMILES string of the molecule is COc1ccc([C@H](CNC(=O)CCN2C(=O)c3ccccc3C2=O)N2CCOCC2)cc1. The fourth-order valence-corrected chi connectivity index (χ4v) is 4.13. The summed E-state index contributed by atoms with van der Waals surface area (Å²) in [5, 5.41) is 2.98. The highest BCUT2D eigenvalue weighted by Gasteiger charge is 2.35. The number of methoxy groups -OCH3 is 1. The predicted octanol–water partition coefficient (Wildman–Crippen LogP) is 1.87. The van der Waals surface area contributed by atoms with E-state index in [1.807, 2.05) is 24.3 Å². The summed E-state index contributed by atoms with van der Waals surface area (Å²) in [6.07, 6.45) is 0.0594. The Morgan fingerprint density at radius 2 is 1.66 bits per heavy atom. The molecule has 2 aliphatic heterocycles. The Kier molecular flexibility index (Phi) is 6.82. The zero-order chi connectivity index (χ0) is 22.5. The van der Waals surface area contributed by atoms with Crippen molar-refractivity contribution in [3.63, 3.8) is 0 Å². The summed E-state index contributed by atoms with van der Waals surface area (Å²) in [7, 11) is 1.63. The third-order valence-electron chi connectivity index (χ3n) is 5.92. The van der Waals surface area contributed by atoms with Crippen molar-refractivity contribution >= 4 is 17.7 Å². The summed E-state index contributed by atoms with van der Waals surface area (Å²) < 4.78 is 10.7. The number of amides is 3. The van der Waals surface area contributed by atoms with Crippen molar-refractivity contribution in [2.24, 2.45) is 0 Å². The topological polar surface area (TPSA) is 88.2 Å². The lowest BCUT2D eigenvalue weighted by atomic mass is 10.0. The average molecular weight is 437 g/mol. The lowest BCUT2D eigenvalue weighted by molar-refractivity contribution is -0.121. The van der Waals surface area contributed by atoms with Crippen LogP contribution in [0.15, 0.2) is 48.5 Å². The monoisotopic (exact) mass is 437 g/mol. The van der Waals surface area contributed by atoms with Gasteiger partial charge in [0.15, 0.2) is 0 Å². The number of hydrogen-bond donors (Lipinski definition) is 1. The molecular weight excluding hydrogens is 410 g/mol. The molecule has 1 saturated heterocycles. The van der Waals surface area contributed by atoms with Crippen LogP contribution in [0.2, 0.25) is 0 Å². The fraction of sp³-hybridized carbons (Fsp3) is 0.375. The molecule has 8 heteroatoms. The minimum atomic E-state index is -0.345. The van der Waals surface area contributed by atoms with Crippen LogP contribution in [0.3, 0.4) is 0 Å². The molecule has 0 unspecified atom stereocenters. The van der Waals surface area contributed by atoms with Crippen LogP contribution >= 0.6 is 0 Å². The van der Waals surface area contributed by atoms with Gasteiger partial charge in [-0.25, -0.2) is 0 Å². The highest BCUT2D eigenvalue weighted by molar-refractivity contribution is 6.21. The summed E-state index contributed by atoms with van der Waals surface area (Å²) >= 11 is 0. The Morgan fingerprint density at radius 3 is 2.25 bits per heavy atom. The summed E-state index contributed by atoms with van der Waals surface area (Å²) in [6.45, 7) is 3.35. The Hall–Kier alpha value is -3.23. The molecule has 32 heavy (non-hydrogen) atoms. The first-order valence-electron chi connectivity index (χ1n) is 10.8. The Bertz CT molecular complexity index is 950. The second kappa shape index (κ2) is 9.93. The summed E-state index contributed by atoms with van der Waals surface area (Å²) in [6, 6.07) is 14.5. The smallest absolute Gasteiger partial charge is 0.261 e. The van der Waals surface area contributed by atoms with Gasteiger partial charge in [-0.1, -0.05) is 24.3 Å². The van der Waals surface area contributed by atoms with E-state index in [-0.39, 0.29) is 36.7 Å². The maximum atomic E-state index is 12.6. The molecule has 1 N–H and O–H groups in total. The van der Waals surface area contributed by atoms with Gasteiger partial charge in [0, 0.05) is 32.6 Å². The van der Waals surface area contributed by atoms with Crippen molar-refractivity contribution in [2.45, 2.75) is 12.5 Å². The molecule has 2 aromatic carbocycles. The minimum absolute atomic E-state index is 0.00642. The van der Waals surface area contributed by atoms with Crippen LogP contribution in [0.5, 0.6) is 5.75 Å². The van der Waals surface area contributed by atoms with Gasteiger partial charge in [-0.15, -0.1) is 0 Å². The standard InChI is InChI=1S/C24H27N3O5/c1-31-18-8-6-17(7-9-18)21(26-12-14-32-15-13-26)16-25-22(28)10-11-27-23(29)19-4-2-3-5-20(19)24(27)30/h2-9,21H,10-16H2,1H3,(H,25,28)/t21-/m0/s1. The van der Waals surface area contributed by atoms with E-state index in [2.05, 4.69) is 10.2 Å². The van der Waals surface area contributed by atoms with Crippen LogP contribution in [0, 0.1) is 0 Å². The number of benzene rings is 2. The maximum absolute atomic E-state index is 12.6. The predicted molar refractivity (Wildman–Crippen MR) is 118 cm³/mol. The van der Waals surface area contributed by atoms with E-state index in [0.29, 0.717) is 30.9 Å². The number of carbonyl (C=O) groups excluding carboxylic acids is 3. The van der Waals surface area contributed by atoms with Crippen LogP contribution < -0.4 is 10.1 Å². The van der Waals surface area contributed by atoms with Gasteiger partial charge in [-0.3, -0.25) is 24.2 Å². The van der Waals surface area contributed by atoms with Gasteiger partial charge in [-0.05, 0) is 29.8 Å². The minimum Gasteiger partial charge on any atom is -0.497 e. The Labute approximate surface area is 187 Å². The first-order valence-corrected chi connectivity index (χ1v) is 10.8. The Morgan fingerprint density at radius 1 is 1.03 bits per heavy atom. The zero-order valence-electron chi connectivity index (χ0n) is 18.1. The average Bonchev–Trinajstić information content (AvgIpc) is 3.08. The lowest BCUT2D eigenvalue weighted by Crippen LogP contribution is -2.44. The maximum Gasteiger partial charge on any atom is 0.261 e. The van der Waals surface area contributed by atoms with Gasteiger partial charge in [0.2, 0.25) is 5.91 Å². The number of imide groups is 1. The summed E-state index contributed by atoms with van der Waals surface area (Å²) in [5.74, 6) is -0.113. The molecule has 1 atom stereocenters.